The number of carbonyl (C=O) groups excluding carboxylic acids is 1. The molecule has 2 N–H and O–H groups in total. The van der Waals surface area contributed by atoms with Crippen molar-refractivity contribution in [1.82, 2.24) is 15.0 Å². The first-order chi connectivity index (χ1) is 12.9. The minimum atomic E-state index is -3.91. The summed E-state index contributed by atoms with van der Waals surface area (Å²) < 4.78 is 38.4. The maximum absolute atomic E-state index is 12.7. The van der Waals surface area contributed by atoms with Crippen LogP contribution < -0.4 is 19.5 Å². The number of pyridine rings is 1. The Kier molecular flexibility index (Phi) is 5.62. The summed E-state index contributed by atoms with van der Waals surface area (Å²) in [7, 11) is -3.91. The van der Waals surface area contributed by atoms with Gasteiger partial charge < -0.3 is 14.8 Å². The monoisotopic (exact) mass is 391 g/mol. The van der Waals surface area contributed by atoms with E-state index in [9.17, 15) is 13.2 Å². The topological polar surface area (TPSA) is 107 Å². The molecule has 1 aliphatic heterocycles. The smallest absolute Gasteiger partial charge is 0.241 e. The van der Waals surface area contributed by atoms with Crippen LogP contribution in [0.3, 0.4) is 0 Å². The lowest BCUT2D eigenvalue weighted by molar-refractivity contribution is -0.123. The molecule has 1 atom stereocenters. The molecule has 1 aromatic heterocycles. The van der Waals surface area contributed by atoms with Crippen LogP contribution in [0, 0.1) is 5.92 Å². The SMILES string of the molecule is CC(C)[C@@H](NS(=O)(=O)c1ccc2c(c1)OCO2)C(=O)NCc1cccnc1. The van der Waals surface area contributed by atoms with E-state index in [1.54, 1.807) is 32.3 Å². The van der Waals surface area contributed by atoms with E-state index in [1.807, 2.05) is 6.07 Å². The van der Waals surface area contributed by atoms with Crippen LogP contribution in [0.15, 0.2) is 47.6 Å². The number of sulfonamides is 1. The molecule has 9 heteroatoms. The molecule has 2 heterocycles. The second-order valence-electron chi connectivity index (χ2n) is 6.44. The molecule has 0 unspecified atom stereocenters. The molecule has 3 rings (SSSR count). The van der Waals surface area contributed by atoms with Crippen molar-refractivity contribution in [3.63, 3.8) is 0 Å². The fourth-order valence-electron chi connectivity index (χ4n) is 2.57. The Morgan fingerprint density at radius 3 is 2.70 bits per heavy atom. The van der Waals surface area contributed by atoms with Crippen LogP contribution >= 0.6 is 0 Å². The highest BCUT2D eigenvalue weighted by molar-refractivity contribution is 7.89. The Labute approximate surface area is 158 Å². The molecule has 1 aromatic carbocycles. The number of amides is 1. The van der Waals surface area contributed by atoms with Crippen molar-refractivity contribution in [3.05, 3.63) is 48.3 Å². The second-order valence-corrected chi connectivity index (χ2v) is 8.15. The molecule has 0 spiro atoms. The first-order valence-corrected chi connectivity index (χ1v) is 9.94. The highest BCUT2D eigenvalue weighted by atomic mass is 32.2. The average molecular weight is 391 g/mol. The molecule has 0 radical (unpaired) electrons. The molecule has 0 fully saturated rings. The number of fused-ring (bicyclic) bond motifs is 1. The van der Waals surface area contributed by atoms with Gasteiger partial charge in [0.25, 0.3) is 0 Å². The summed E-state index contributed by atoms with van der Waals surface area (Å²) in [6.45, 7) is 3.87. The van der Waals surface area contributed by atoms with E-state index < -0.39 is 22.0 Å². The highest BCUT2D eigenvalue weighted by Crippen LogP contribution is 2.33. The minimum absolute atomic E-state index is 0.0115. The summed E-state index contributed by atoms with van der Waals surface area (Å²) in [6.07, 6.45) is 3.28. The number of nitrogens with one attached hydrogen (secondary N) is 2. The van der Waals surface area contributed by atoms with Crippen molar-refractivity contribution in [1.29, 1.82) is 0 Å². The van der Waals surface area contributed by atoms with Gasteiger partial charge >= 0.3 is 0 Å². The number of rotatable bonds is 7. The van der Waals surface area contributed by atoms with Crippen molar-refractivity contribution in [2.24, 2.45) is 5.92 Å². The van der Waals surface area contributed by atoms with Gasteiger partial charge in [-0.2, -0.15) is 4.72 Å². The Balaban J connectivity index is 1.72. The van der Waals surface area contributed by atoms with Gasteiger partial charge in [0.2, 0.25) is 22.7 Å². The van der Waals surface area contributed by atoms with Gasteiger partial charge in [-0.15, -0.1) is 0 Å². The molecule has 144 valence electrons. The molecule has 27 heavy (non-hydrogen) atoms. The van der Waals surface area contributed by atoms with Gasteiger partial charge in [-0.1, -0.05) is 19.9 Å². The van der Waals surface area contributed by atoms with Crippen LogP contribution in [-0.2, 0) is 21.4 Å². The van der Waals surface area contributed by atoms with Crippen LogP contribution in [0.5, 0.6) is 11.5 Å². The van der Waals surface area contributed by atoms with Gasteiger partial charge in [0.05, 0.1) is 4.90 Å². The molecule has 8 nitrogen and oxygen atoms in total. The van der Waals surface area contributed by atoms with Gasteiger partial charge in [-0.25, -0.2) is 8.42 Å². The number of aromatic nitrogens is 1. The van der Waals surface area contributed by atoms with Gasteiger partial charge in [0.1, 0.15) is 6.04 Å². The normalized spacial score (nSPS) is 14.2. The van der Waals surface area contributed by atoms with Crippen LogP contribution in [0.4, 0.5) is 0 Å². The van der Waals surface area contributed by atoms with E-state index in [2.05, 4.69) is 15.0 Å². The zero-order chi connectivity index (χ0) is 19.4. The summed E-state index contributed by atoms with van der Waals surface area (Å²) in [5, 5.41) is 2.75. The zero-order valence-electron chi connectivity index (χ0n) is 15.0. The zero-order valence-corrected chi connectivity index (χ0v) is 15.8. The van der Waals surface area contributed by atoms with E-state index in [0.29, 0.717) is 11.5 Å². The summed E-state index contributed by atoms with van der Waals surface area (Å²) in [5.74, 6) is 0.199. The molecule has 1 amide bonds. The van der Waals surface area contributed by atoms with Gasteiger partial charge in [-0.05, 0) is 29.7 Å². The lowest BCUT2D eigenvalue weighted by Gasteiger charge is -2.21. The molecule has 1 aliphatic rings. The summed E-state index contributed by atoms with van der Waals surface area (Å²) in [5.41, 5.74) is 0.826. The van der Waals surface area contributed by atoms with Crippen molar-refractivity contribution in [2.45, 2.75) is 31.3 Å². The van der Waals surface area contributed by atoms with Crippen LogP contribution in [-0.4, -0.2) is 32.1 Å². The van der Waals surface area contributed by atoms with E-state index >= 15 is 0 Å². The largest absolute Gasteiger partial charge is 0.454 e. The van der Waals surface area contributed by atoms with E-state index in [1.165, 1.54) is 18.2 Å². The molecular formula is C18H21N3O5S. The average Bonchev–Trinajstić information content (AvgIpc) is 3.12. The third-order valence-electron chi connectivity index (χ3n) is 4.08. The van der Waals surface area contributed by atoms with E-state index in [0.717, 1.165) is 5.56 Å². The first-order valence-electron chi connectivity index (χ1n) is 8.45. The first kappa shape index (κ1) is 19.1. The van der Waals surface area contributed by atoms with Crippen LogP contribution in [0.1, 0.15) is 19.4 Å². The van der Waals surface area contributed by atoms with Crippen LogP contribution in [0.25, 0.3) is 0 Å². The molecule has 0 aliphatic carbocycles. The predicted octanol–water partition coefficient (Wildman–Crippen LogP) is 1.43. The van der Waals surface area contributed by atoms with Crippen molar-refractivity contribution >= 4 is 15.9 Å². The second kappa shape index (κ2) is 7.93. The fourth-order valence-corrected chi connectivity index (χ4v) is 3.93. The van der Waals surface area contributed by atoms with E-state index in [-0.39, 0.29) is 24.2 Å². The standard InChI is InChI=1S/C18H21N3O5S/c1-12(2)17(18(22)20-10-13-4-3-7-19-9-13)21-27(23,24)14-5-6-15-16(8-14)26-11-25-15/h3-9,12,17,21H,10-11H2,1-2H3,(H,20,22)/t17-/m1/s1. The number of nitrogens with zero attached hydrogens (tertiary/aromatic N) is 1. The quantitative estimate of drug-likeness (QED) is 0.740. The Morgan fingerprint density at radius 1 is 1.22 bits per heavy atom. The maximum atomic E-state index is 12.7. The fraction of sp³-hybridized carbons (Fsp3) is 0.333. The predicted molar refractivity (Wildman–Crippen MR) is 97.6 cm³/mol. The minimum Gasteiger partial charge on any atom is -0.454 e. The third kappa shape index (κ3) is 4.55. The van der Waals surface area contributed by atoms with Crippen molar-refractivity contribution in [3.8, 4) is 11.5 Å². The number of hydrogen-bond acceptors (Lipinski definition) is 6. The maximum Gasteiger partial charge on any atom is 0.241 e. The lowest BCUT2D eigenvalue weighted by atomic mass is 10.0. The summed E-state index contributed by atoms with van der Waals surface area (Å²) >= 11 is 0. The summed E-state index contributed by atoms with van der Waals surface area (Å²) in [4.78, 5) is 16.5. The van der Waals surface area contributed by atoms with Crippen molar-refractivity contribution < 1.29 is 22.7 Å². The number of carbonyl (C=O) groups is 1. The third-order valence-corrected chi connectivity index (χ3v) is 5.51. The number of ether oxygens (including phenoxy) is 2. The lowest BCUT2D eigenvalue weighted by Crippen LogP contribution is -2.49. The summed E-state index contributed by atoms with van der Waals surface area (Å²) in [6, 6.07) is 7.01. The van der Waals surface area contributed by atoms with Gasteiger partial charge in [0, 0.05) is 25.0 Å². The van der Waals surface area contributed by atoms with Crippen LogP contribution in [0.2, 0.25) is 0 Å². The Hall–Kier alpha value is -2.65. The number of benzene rings is 1. The molecule has 0 bridgehead atoms. The van der Waals surface area contributed by atoms with Crippen molar-refractivity contribution in [2.75, 3.05) is 6.79 Å². The molecule has 0 saturated carbocycles. The van der Waals surface area contributed by atoms with Gasteiger partial charge in [0.15, 0.2) is 11.5 Å². The van der Waals surface area contributed by atoms with E-state index in [4.69, 9.17) is 9.47 Å². The molecular weight excluding hydrogens is 370 g/mol. The molecule has 0 saturated heterocycles. The Bertz CT molecular complexity index is 916. The molecule has 2 aromatic rings. The highest BCUT2D eigenvalue weighted by Gasteiger charge is 2.29. The van der Waals surface area contributed by atoms with Gasteiger partial charge in [-0.3, -0.25) is 9.78 Å². The Morgan fingerprint density at radius 2 is 2.00 bits per heavy atom. The number of hydrogen-bond donors (Lipinski definition) is 2.